The molecule has 0 unspecified atom stereocenters. The van der Waals surface area contributed by atoms with Gasteiger partial charge in [-0.2, -0.15) is 0 Å². The van der Waals surface area contributed by atoms with Gasteiger partial charge in [-0.15, -0.1) is 0 Å². The summed E-state index contributed by atoms with van der Waals surface area (Å²) in [5.74, 6) is -1.87. The molecular formula is C18H13NO4. The van der Waals surface area contributed by atoms with Crippen LogP contribution in [0.25, 0.3) is 10.8 Å². The zero-order chi connectivity index (χ0) is 16.4. The molecule has 0 radical (unpaired) electrons. The van der Waals surface area contributed by atoms with E-state index in [0.717, 1.165) is 10.8 Å². The first-order valence-corrected chi connectivity index (χ1v) is 6.91. The Labute approximate surface area is 131 Å². The molecule has 0 atom stereocenters. The number of benzene rings is 3. The summed E-state index contributed by atoms with van der Waals surface area (Å²) in [6.07, 6.45) is 0. The second-order valence-corrected chi connectivity index (χ2v) is 5.02. The first-order chi connectivity index (χ1) is 11.1. The summed E-state index contributed by atoms with van der Waals surface area (Å²) in [7, 11) is 0. The molecule has 0 aromatic heterocycles. The van der Waals surface area contributed by atoms with Crippen LogP contribution in [0, 0.1) is 0 Å². The predicted molar refractivity (Wildman–Crippen MR) is 87.0 cm³/mol. The number of carboxylic acids is 1. The van der Waals surface area contributed by atoms with E-state index in [4.69, 9.17) is 0 Å². The van der Waals surface area contributed by atoms with Gasteiger partial charge < -0.3 is 15.5 Å². The van der Waals surface area contributed by atoms with Gasteiger partial charge in [-0.05, 0) is 35.0 Å². The number of rotatable bonds is 3. The van der Waals surface area contributed by atoms with Crippen LogP contribution in [0.3, 0.4) is 0 Å². The molecule has 0 heterocycles. The topological polar surface area (TPSA) is 86.6 Å². The number of hydrogen-bond donors (Lipinski definition) is 3. The lowest BCUT2D eigenvalue weighted by atomic mass is 10.0. The molecule has 0 saturated carbocycles. The molecule has 0 aliphatic carbocycles. The number of fused-ring (bicyclic) bond motifs is 1. The average Bonchev–Trinajstić information content (AvgIpc) is 2.54. The molecule has 0 aliphatic rings. The Morgan fingerprint density at radius 3 is 2.09 bits per heavy atom. The number of para-hydroxylation sites is 1. The lowest BCUT2D eigenvalue weighted by Crippen LogP contribution is -2.15. The minimum absolute atomic E-state index is 0.00697. The lowest BCUT2D eigenvalue weighted by Gasteiger charge is -2.11. The third-order valence-electron chi connectivity index (χ3n) is 3.51. The highest BCUT2D eigenvalue weighted by Gasteiger charge is 2.16. The van der Waals surface area contributed by atoms with Crippen LogP contribution < -0.4 is 5.32 Å². The zero-order valence-corrected chi connectivity index (χ0v) is 12.0. The fourth-order valence-electron chi connectivity index (χ4n) is 2.38. The van der Waals surface area contributed by atoms with E-state index in [1.807, 2.05) is 18.2 Å². The smallest absolute Gasteiger partial charge is 0.337 e. The molecule has 3 aromatic rings. The van der Waals surface area contributed by atoms with Crippen molar-refractivity contribution in [1.82, 2.24) is 0 Å². The van der Waals surface area contributed by atoms with E-state index in [1.54, 1.807) is 24.3 Å². The summed E-state index contributed by atoms with van der Waals surface area (Å²) in [5.41, 5.74) is 0.258. The van der Waals surface area contributed by atoms with Gasteiger partial charge in [0.1, 0.15) is 5.75 Å². The Bertz CT molecular complexity index is 918. The number of carbonyl (C=O) groups is 2. The Morgan fingerprint density at radius 1 is 0.826 bits per heavy atom. The van der Waals surface area contributed by atoms with Gasteiger partial charge in [-0.25, -0.2) is 4.79 Å². The Kier molecular flexibility index (Phi) is 3.68. The van der Waals surface area contributed by atoms with E-state index >= 15 is 0 Å². The molecule has 0 fully saturated rings. The van der Waals surface area contributed by atoms with Crippen LogP contribution in [0.1, 0.15) is 20.7 Å². The monoisotopic (exact) mass is 307 g/mol. The summed E-state index contributed by atoms with van der Waals surface area (Å²) in [4.78, 5) is 23.7. The van der Waals surface area contributed by atoms with Crippen molar-refractivity contribution in [3.63, 3.8) is 0 Å². The Hall–Kier alpha value is -3.34. The number of phenolic OH excluding ortho intramolecular Hbond substituents is 1. The molecule has 23 heavy (non-hydrogen) atoms. The summed E-state index contributed by atoms with van der Waals surface area (Å²) < 4.78 is 0. The zero-order valence-electron chi connectivity index (χ0n) is 12.0. The quantitative estimate of drug-likeness (QED) is 0.691. The van der Waals surface area contributed by atoms with Crippen molar-refractivity contribution >= 4 is 28.3 Å². The van der Waals surface area contributed by atoms with E-state index in [9.17, 15) is 19.8 Å². The molecule has 5 nitrogen and oxygen atoms in total. The fourth-order valence-corrected chi connectivity index (χ4v) is 2.38. The summed E-state index contributed by atoms with van der Waals surface area (Å²) in [5, 5.41) is 23.2. The van der Waals surface area contributed by atoms with Crippen molar-refractivity contribution in [1.29, 1.82) is 0 Å². The van der Waals surface area contributed by atoms with E-state index in [0.29, 0.717) is 0 Å². The molecule has 0 aliphatic heterocycles. The number of carboxylic acid groups (broad SMARTS) is 1. The van der Waals surface area contributed by atoms with Gasteiger partial charge >= 0.3 is 5.97 Å². The van der Waals surface area contributed by atoms with E-state index in [1.165, 1.54) is 18.2 Å². The van der Waals surface area contributed by atoms with Crippen LogP contribution in [-0.4, -0.2) is 22.1 Å². The van der Waals surface area contributed by atoms with Crippen LogP contribution >= 0.6 is 0 Å². The number of aromatic carboxylic acids is 1. The number of anilines is 1. The molecule has 0 spiro atoms. The number of phenols is 1. The van der Waals surface area contributed by atoms with E-state index in [-0.39, 0.29) is 22.6 Å². The molecule has 114 valence electrons. The SMILES string of the molecule is O=C(Nc1cc2ccccc2cc1C(=O)O)c1ccccc1O. The molecule has 3 N–H and O–H groups in total. The Morgan fingerprint density at radius 2 is 1.43 bits per heavy atom. The van der Waals surface area contributed by atoms with Crippen molar-refractivity contribution in [3.8, 4) is 5.75 Å². The molecule has 1 amide bonds. The molecule has 0 bridgehead atoms. The van der Waals surface area contributed by atoms with Crippen molar-refractivity contribution in [2.75, 3.05) is 5.32 Å². The van der Waals surface area contributed by atoms with Crippen LogP contribution in [0.5, 0.6) is 5.75 Å². The first kappa shape index (κ1) is 14.6. The second-order valence-electron chi connectivity index (χ2n) is 5.02. The third kappa shape index (κ3) is 2.85. The summed E-state index contributed by atoms with van der Waals surface area (Å²) in [6, 6.07) is 16.5. The minimum atomic E-state index is -1.14. The fraction of sp³-hybridized carbons (Fsp3) is 0. The average molecular weight is 307 g/mol. The van der Waals surface area contributed by atoms with Gasteiger partial charge in [0.2, 0.25) is 0 Å². The molecule has 0 saturated heterocycles. The van der Waals surface area contributed by atoms with Gasteiger partial charge in [-0.1, -0.05) is 36.4 Å². The van der Waals surface area contributed by atoms with Gasteiger partial charge in [0, 0.05) is 0 Å². The van der Waals surface area contributed by atoms with Gasteiger partial charge in [0.05, 0.1) is 16.8 Å². The maximum atomic E-state index is 12.3. The molecule has 5 heteroatoms. The van der Waals surface area contributed by atoms with Crippen LogP contribution in [0.4, 0.5) is 5.69 Å². The normalized spacial score (nSPS) is 10.4. The third-order valence-corrected chi connectivity index (χ3v) is 3.51. The standard InChI is InChI=1S/C18H13NO4/c20-16-8-4-3-7-13(16)17(21)19-15-10-12-6-2-1-5-11(12)9-14(15)18(22)23/h1-10,20H,(H,19,21)(H,22,23). The highest BCUT2D eigenvalue weighted by Crippen LogP contribution is 2.26. The maximum Gasteiger partial charge on any atom is 0.337 e. The van der Waals surface area contributed by atoms with Crippen LogP contribution in [0.2, 0.25) is 0 Å². The molecular weight excluding hydrogens is 294 g/mol. The predicted octanol–water partition coefficient (Wildman–Crippen LogP) is 3.50. The number of carbonyl (C=O) groups excluding carboxylic acids is 1. The van der Waals surface area contributed by atoms with Crippen molar-refractivity contribution < 1.29 is 19.8 Å². The van der Waals surface area contributed by atoms with E-state index in [2.05, 4.69) is 5.32 Å². The van der Waals surface area contributed by atoms with Crippen molar-refractivity contribution in [2.24, 2.45) is 0 Å². The van der Waals surface area contributed by atoms with Gasteiger partial charge in [0.15, 0.2) is 0 Å². The van der Waals surface area contributed by atoms with Gasteiger partial charge in [-0.3, -0.25) is 4.79 Å². The highest BCUT2D eigenvalue weighted by molar-refractivity contribution is 6.11. The highest BCUT2D eigenvalue weighted by atomic mass is 16.4. The molecule has 3 aromatic carbocycles. The maximum absolute atomic E-state index is 12.3. The summed E-state index contributed by atoms with van der Waals surface area (Å²) in [6.45, 7) is 0. The number of amides is 1. The van der Waals surface area contributed by atoms with Gasteiger partial charge in [0.25, 0.3) is 5.91 Å². The van der Waals surface area contributed by atoms with Crippen LogP contribution in [-0.2, 0) is 0 Å². The number of hydrogen-bond acceptors (Lipinski definition) is 3. The minimum Gasteiger partial charge on any atom is -0.507 e. The van der Waals surface area contributed by atoms with Crippen molar-refractivity contribution in [3.05, 3.63) is 71.8 Å². The number of nitrogens with one attached hydrogen (secondary N) is 1. The second kappa shape index (κ2) is 5.81. The number of aromatic hydroxyl groups is 1. The van der Waals surface area contributed by atoms with Crippen LogP contribution in [0.15, 0.2) is 60.7 Å². The first-order valence-electron chi connectivity index (χ1n) is 6.91. The molecule has 3 rings (SSSR count). The Balaban J connectivity index is 2.05. The lowest BCUT2D eigenvalue weighted by molar-refractivity contribution is 0.0698. The largest absolute Gasteiger partial charge is 0.507 e. The summed E-state index contributed by atoms with van der Waals surface area (Å²) >= 11 is 0. The van der Waals surface area contributed by atoms with Crippen molar-refractivity contribution in [2.45, 2.75) is 0 Å². The van der Waals surface area contributed by atoms with E-state index < -0.39 is 11.9 Å².